The van der Waals surface area contributed by atoms with E-state index in [1.165, 1.54) is 0 Å². The summed E-state index contributed by atoms with van der Waals surface area (Å²) in [7, 11) is -2.41. The molecule has 2 atom stereocenters. The van der Waals surface area contributed by atoms with Gasteiger partial charge in [-0.15, -0.1) is 0 Å². The Hall–Kier alpha value is -0.00312. The van der Waals surface area contributed by atoms with Gasteiger partial charge in [-0.05, 0) is 43.8 Å². The van der Waals surface area contributed by atoms with Gasteiger partial charge < -0.3 is 4.43 Å². The minimum absolute atomic E-state index is 0.142. The summed E-state index contributed by atoms with van der Waals surface area (Å²) in [6, 6.07) is 0. The van der Waals surface area contributed by atoms with E-state index < -0.39 is 19.1 Å². The average molecular weight is 331 g/mol. The molecule has 122 valence electrons. The van der Waals surface area contributed by atoms with Crippen LogP contribution in [0.1, 0.15) is 52.9 Å². The highest BCUT2D eigenvalue weighted by Gasteiger charge is 2.42. The van der Waals surface area contributed by atoms with E-state index in [0.29, 0.717) is 29.3 Å². The molecule has 2 fully saturated rings. The highest BCUT2D eigenvalue weighted by Crippen LogP contribution is 2.40. The monoisotopic (exact) mass is 330 g/mol. The molecule has 2 rings (SSSR count). The van der Waals surface area contributed by atoms with E-state index in [4.69, 9.17) is 4.43 Å². The van der Waals surface area contributed by atoms with Crippen molar-refractivity contribution in [2.45, 2.75) is 81.5 Å². The van der Waals surface area contributed by atoms with E-state index in [0.717, 1.165) is 25.7 Å². The van der Waals surface area contributed by atoms with E-state index in [2.05, 4.69) is 33.9 Å². The Morgan fingerprint density at radius 3 is 2.19 bits per heavy atom. The molecule has 0 saturated carbocycles. The first-order valence-electron chi connectivity index (χ1n) is 8.18. The average Bonchev–Trinajstić information content (AvgIpc) is 2.60. The highest BCUT2D eigenvalue weighted by molar-refractivity contribution is 7.86. The van der Waals surface area contributed by atoms with Crippen LogP contribution >= 0.6 is 0 Å². The van der Waals surface area contributed by atoms with Crippen molar-refractivity contribution in [3.63, 3.8) is 0 Å². The Morgan fingerprint density at radius 2 is 1.71 bits per heavy atom. The molecular weight excluding hydrogens is 300 g/mol. The van der Waals surface area contributed by atoms with Crippen molar-refractivity contribution in [2.24, 2.45) is 5.92 Å². The van der Waals surface area contributed by atoms with Gasteiger partial charge in [0.05, 0.1) is 0 Å². The molecule has 2 heterocycles. The smallest absolute Gasteiger partial charge is 0.191 e. The standard InChI is InChI=1S/C16H30O3SSi/c1-16(2,3)21(4,5)19-9-8-15(17)12-10-13-6-7-14(11-12)20(13)18/h12-14H,6-11H2,1-5H3. The summed E-state index contributed by atoms with van der Waals surface area (Å²) in [5.41, 5.74) is 0. The van der Waals surface area contributed by atoms with E-state index in [-0.39, 0.29) is 11.0 Å². The van der Waals surface area contributed by atoms with Crippen LogP contribution in [0.15, 0.2) is 0 Å². The molecule has 2 aliphatic heterocycles. The molecule has 2 unspecified atom stereocenters. The molecule has 3 nitrogen and oxygen atoms in total. The van der Waals surface area contributed by atoms with Crippen LogP contribution in [-0.2, 0) is 20.0 Å². The molecule has 0 amide bonds. The van der Waals surface area contributed by atoms with Crippen LogP contribution in [0.3, 0.4) is 0 Å². The second-order valence-electron chi connectivity index (χ2n) is 8.14. The van der Waals surface area contributed by atoms with Gasteiger partial charge in [0.25, 0.3) is 0 Å². The van der Waals surface area contributed by atoms with Crippen molar-refractivity contribution in [3.05, 3.63) is 0 Å². The number of hydrogen-bond donors (Lipinski definition) is 0. The van der Waals surface area contributed by atoms with Gasteiger partial charge in [0.2, 0.25) is 0 Å². The molecule has 21 heavy (non-hydrogen) atoms. The molecule has 0 aliphatic carbocycles. The van der Waals surface area contributed by atoms with E-state index in [1.807, 2.05) is 0 Å². The largest absolute Gasteiger partial charge is 0.416 e. The molecule has 0 aromatic carbocycles. The Balaban J connectivity index is 1.80. The number of carbonyl (C=O) groups excluding carboxylic acids is 1. The first-order valence-corrected chi connectivity index (χ1v) is 12.4. The maximum Gasteiger partial charge on any atom is 0.191 e. The van der Waals surface area contributed by atoms with Gasteiger partial charge in [-0.2, -0.15) is 0 Å². The molecule has 0 aromatic heterocycles. The fraction of sp³-hybridized carbons (Fsp3) is 0.938. The van der Waals surface area contributed by atoms with Crippen LogP contribution in [0.5, 0.6) is 0 Å². The summed E-state index contributed by atoms with van der Waals surface area (Å²) < 4.78 is 18.1. The van der Waals surface area contributed by atoms with Crippen molar-refractivity contribution in [1.82, 2.24) is 0 Å². The summed E-state index contributed by atoms with van der Waals surface area (Å²) >= 11 is 0. The van der Waals surface area contributed by atoms with E-state index >= 15 is 0 Å². The molecule has 2 saturated heterocycles. The van der Waals surface area contributed by atoms with Crippen molar-refractivity contribution in [2.75, 3.05) is 6.61 Å². The second-order valence-corrected chi connectivity index (χ2v) is 14.9. The Kier molecular flexibility index (Phi) is 5.16. The first-order chi connectivity index (χ1) is 9.62. The van der Waals surface area contributed by atoms with E-state index in [9.17, 15) is 9.00 Å². The van der Waals surface area contributed by atoms with Gasteiger partial charge in [0.1, 0.15) is 5.78 Å². The lowest BCUT2D eigenvalue weighted by molar-refractivity contribution is -0.123. The van der Waals surface area contributed by atoms with Crippen molar-refractivity contribution < 1.29 is 13.4 Å². The third-order valence-electron chi connectivity index (χ3n) is 5.64. The minimum Gasteiger partial charge on any atom is -0.416 e. The normalized spacial score (nSPS) is 33.2. The van der Waals surface area contributed by atoms with Crippen LogP contribution in [-0.4, -0.2) is 35.4 Å². The van der Waals surface area contributed by atoms with Crippen LogP contribution in [0.2, 0.25) is 18.1 Å². The van der Waals surface area contributed by atoms with Gasteiger partial charge in [-0.25, -0.2) is 0 Å². The zero-order chi connectivity index (χ0) is 15.8. The molecule has 0 spiro atoms. The number of ketones is 1. The van der Waals surface area contributed by atoms with E-state index in [1.54, 1.807) is 0 Å². The zero-order valence-corrected chi connectivity index (χ0v) is 15.9. The molecule has 0 N–H and O–H groups in total. The Morgan fingerprint density at radius 1 is 1.19 bits per heavy atom. The zero-order valence-electron chi connectivity index (χ0n) is 14.1. The van der Waals surface area contributed by atoms with Crippen molar-refractivity contribution in [1.29, 1.82) is 0 Å². The van der Waals surface area contributed by atoms with Gasteiger partial charge in [0, 0.05) is 40.2 Å². The minimum atomic E-state index is -1.75. The third-order valence-corrected chi connectivity index (χ3v) is 12.3. The fourth-order valence-corrected chi connectivity index (χ4v) is 6.29. The lowest BCUT2D eigenvalue weighted by Crippen LogP contribution is -2.41. The molecule has 2 aliphatic rings. The Labute approximate surface area is 132 Å². The number of carbonyl (C=O) groups is 1. The molecule has 0 radical (unpaired) electrons. The SMILES string of the molecule is CC(C)(C)[Si](C)(C)OCCC(=O)C1CC2CCC(C1)S2=O. The fourth-order valence-electron chi connectivity index (χ4n) is 3.12. The number of hydrogen-bond acceptors (Lipinski definition) is 3. The maximum absolute atomic E-state index is 12.4. The van der Waals surface area contributed by atoms with Crippen LogP contribution in [0.25, 0.3) is 0 Å². The molecular formula is C16H30O3SSi. The van der Waals surface area contributed by atoms with Gasteiger partial charge in [-0.3, -0.25) is 9.00 Å². The summed E-state index contributed by atoms with van der Waals surface area (Å²) in [5.74, 6) is 0.477. The summed E-state index contributed by atoms with van der Waals surface area (Å²) in [4.78, 5) is 12.4. The summed E-state index contributed by atoms with van der Waals surface area (Å²) in [6.07, 6.45) is 4.34. The Bertz CT molecular complexity index is 412. The molecule has 5 heteroatoms. The summed E-state index contributed by atoms with van der Waals surface area (Å²) in [5, 5.41) is 0.773. The third kappa shape index (κ3) is 3.85. The van der Waals surface area contributed by atoms with Gasteiger partial charge in [-0.1, -0.05) is 20.8 Å². The van der Waals surface area contributed by atoms with Crippen LogP contribution in [0.4, 0.5) is 0 Å². The lowest BCUT2D eigenvalue weighted by Gasteiger charge is -2.36. The quantitative estimate of drug-likeness (QED) is 0.723. The summed E-state index contributed by atoms with van der Waals surface area (Å²) in [6.45, 7) is 11.7. The maximum atomic E-state index is 12.4. The number of rotatable bonds is 5. The van der Waals surface area contributed by atoms with Crippen LogP contribution < -0.4 is 0 Å². The highest BCUT2D eigenvalue weighted by atomic mass is 32.2. The van der Waals surface area contributed by atoms with Gasteiger partial charge in [0.15, 0.2) is 8.32 Å². The second kappa shape index (κ2) is 6.24. The topological polar surface area (TPSA) is 43.4 Å². The lowest BCUT2D eigenvalue weighted by atomic mass is 9.93. The molecule has 0 aromatic rings. The van der Waals surface area contributed by atoms with Crippen LogP contribution in [0, 0.1) is 5.92 Å². The number of fused-ring (bicyclic) bond motifs is 2. The number of Topliss-reactive ketones (excluding diaryl/α,β-unsaturated/α-hetero) is 1. The first kappa shape index (κ1) is 17.4. The molecule has 2 bridgehead atoms. The predicted molar refractivity (Wildman–Crippen MR) is 90.4 cm³/mol. The predicted octanol–water partition coefficient (Wildman–Crippen LogP) is 3.66. The van der Waals surface area contributed by atoms with Crippen molar-refractivity contribution in [3.8, 4) is 0 Å². The van der Waals surface area contributed by atoms with Gasteiger partial charge >= 0.3 is 0 Å². The van der Waals surface area contributed by atoms with Crippen molar-refractivity contribution >= 4 is 24.9 Å².